The summed E-state index contributed by atoms with van der Waals surface area (Å²) in [5, 5.41) is 11.3. The van der Waals surface area contributed by atoms with Gasteiger partial charge in [0.25, 0.3) is 11.7 Å². The molecule has 4 rings (SSSR count). The molecule has 0 spiro atoms. The molecule has 0 radical (unpaired) electrons. The molecule has 1 heterocycles. The summed E-state index contributed by atoms with van der Waals surface area (Å²) in [7, 11) is 0. The molecule has 1 fully saturated rings. The first kappa shape index (κ1) is 18.9. The van der Waals surface area contributed by atoms with E-state index in [4.69, 9.17) is 11.6 Å². The third-order valence-electron chi connectivity index (χ3n) is 4.76. The number of hydrogen-bond donors (Lipinski definition) is 1. The summed E-state index contributed by atoms with van der Waals surface area (Å²) < 4.78 is 13.5. The number of aliphatic hydroxyl groups is 1. The van der Waals surface area contributed by atoms with Gasteiger partial charge in [-0.25, -0.2) is 4.39 Å². The molecule has 6 heteroatoms. The van der Waals surface area contributed by atoms with Gasteiger partial charge in [0.1, 0.15) is 11.6 Å². The number of nitrogens with zero attached hydrogens (tertiary/aromatic N) is 1. The number of ketones is 1. The third-order valence-corrected chi connectivity index (χ3v) is 5.00. The molecule has 0 saturated carbocycles. The van der Waals surface area contributed by atoms with Crippen molar-refractivity contribution in [3.05, 3.63) is 106 Å². The van der Waals surface area contributed by atoms with Gasteiger partial charge in [-0.15, -0.1) is 0 Å². The Labute approximate surface area is 171 Å². The van der Waals surface area contributed by atoms with Gasteiger partial charge in [-0.05, 0) is 35.9 Å². The Morgan fingerprint density at radius 3 is 2.28 bits per heavy atom. The van der Waals surface area contributed by atoms with Crippen molar-refractivity contribution in [1.29, 1.82) is 0 Å². The molecule has 1 atom stereocenters. The van der Waals surface area contributed by atoms with E-state index in [0.717, 1.165) is 0 Å². The predicted octanol–water partition coefficient (Wildman–Crippen LogP) is 5.11. The Hall–Kier alpha value is -3.44. The highest BCUT2D eigenvalue weighted by molar-refractivity contribution is 6.51. The van der Waals surface area contributed by atoms with Crippen molar-refractivity contribution in [3.63, 3.8) is 0 Å². The van der Waals surface area contributed by atoms with Crippen molar-refractivity contribution < 1.29 is 19.1 Å². The topological polar surface area (TPSA) is 57.6 Å². The maximum absolute atomic E-state index is 13.5. The fourth-order valence-corrected chi connectivity index (χ4v) is 3.62. The molecule has 4 nitrogen and oxygen atoms in total. The van der Waals surface area contributed by atoms with Crippen molar-refractivity contribution in [2.24, 2.45) is 0 Å². The van der Waals surface area contributed by atoms with E-state index < -0.39 is 23.5 Å². The van der Waals surface area contributed by atoms with Crippen LogP contribution in [-0.4, -0.2) is 16.8 Å². The van der Waals surface area contributed by atoms with E-state index >= 15 is 0 Å². The standard InChI is InChI=1S/C23H15ClFNO3/c24-16-7-4-8-18(13-16)26-20(14-9-11-17(25)12-10-14)19(22(28)23(26)29)21(27)15-5-2-1-3-6-15/h1-13,20,27H/b21-19+. The van der Waals surface area contributed by atoms with Crippen LogP contribution in [0.4, 0.5) is 10.1 Å². The lowest BCUT2D eigenvalue weighted by Gasteiger charge is -2.25. The molecule has 144 valence electrons. The Morgan fingerprint density at radius 1 is 0.931 bits per heavy atom. The Balaban J connectivity index is 1.96. The summed E-state index contributed by atoms with van der Waals surface area (Å²) in [6.45, 7) is 0. The van der Waals surface area contributed by atoms with E-state index in [1.54, 1.807) is 54.6 Å². The molecule has 1 aliphatic heterocycles. The number of halogens is 2. The lowest BCUT2D eigenvalue weighted by Crippen LogP contribution is -2.29. The van der Waals surface area contributed by atoms with E-state index in [1.165, 1.54) is 29.2 Å². The van der Waals surface area contributed by atoms with Crippen molar-refractivity contribution in [3.8, 4) is 0 Å². The van der Waals surface area contributed by atoms with Gasteiger partial charge < -0.3 is 5.11 Å². The summed E-state index contributed by atoms with van der Waals surface area (Å²) in [6.07, 6.45) is 0. The average molecular weight is 408 g/mol. The first-order valence-electron chi connectivity index (χ1n) is 8.85. The molecule has 1 unspecified atom stereocenters. The van der Waals surface area contributed by atoms with E-state index in [-0.39, 0.29) is 11.3 Å². The third kappa shape index (κ3) is 3.41. The number of carbonyl (C=O) groups excluding carboxylic acids is 2. The zero-order chi connectivity index (χ0) is 20.5. The molecule has 0 aromatic heterocycles. The van der Waals surface area contributed by atoms with Crippen molar-refractivity contribution >= 4 is 34.7 Å². The van der Waals surface area contributed by atoms with E-state index in [9.17, 15) is 19.1 Å². The molecule has 29 heavy (non-hydrogen) atoms. The smallest absolute Gasteiger partial charge is 0.300 e. The van der Waals surface area contributed by atoms with Crippen LogP contribution in [0.5, 0.6) is 0 Å². The lowest BCUT2D eigenvalue weighted by molar-refractivity contribution is -0.132. The summed E-state index contributed by atoms with van der Waals surface area (Å²) >= 11 is 6.08. The zero-order valence-electron chi connectivity index (χ0n) is 15.0. The second-order valence-electron chi connectivity index (χ2n) is 6.57. The number of anilines is 1. The van der Waals surface area contributed by atoms with Crippen LogP contribution in [0.15, 0.2) is 84.4 Å². The van der Waals surface area contributed by atoms with Crippen LogP contribution in [0, 0.1) is 5.82 Å². The van der Waals surface area contributed by atoms with Crippen LogP contribution in [0.3, 0.4) is 0 Å². The number of aliphatic hydroxyl groups excluding tert-OH is 1. The van der Waals surface area contributed by atoms with E-state index in [0.29, 0.717) is 21.8 Å². The molecule has 1 aliphatic rings. The highest BCUT2D eigenvalue weighted by atomic mass is 35.5. The van der Waals surface area contributed by atoms with Crippen molar-refractivity contribution in [1.82, 2.24) is 0 Å². The lowest BCUT2D eigenvalue weighted by atomic mass is 9.95. The second kappa shape index (κ2) is 7.53. The summed E-state index contributed by atoms with van der Waals surface area (Å²) in [5.74, 6) is -2.35. The molecule has 0 bridgehead atoms. The molecular weight excluding hydrogens is 393 g/mol. The summed E-state index contributed by atoms with van der Waals surface area (Å²) in [5.41, 5.74) is 1.24. The number of hydrogen-bond acceptors (Lipinski definition) is 3. The molecule has 3 aromatic rings. The van der Waals surface area contributed by atoms with Gasteiger partial charge in [0, 0.05) is 16.3 Å². The monoisotopic (exact) mass is 407 g/mol. The van der Waals surface area contributed by atoms with Crippen LogP contribution < -0.4 is 4.90 Å². The normalized spacial score (nSPS) is 18.3. The minimum Gasteiger partial charge on any atom is -0.507 e. The van der Waals surface area contributed by atoms with Crippen LogP contribution >= 0.6 is 11.6 Å². The van der Waals surface area contributed by atoms with Gasteiger partial charge in [0.2, 0.25) is 0 Å². The van der Waals surface area contributed by atoms with Gasteiger partial charge in [-0.3, -0.25) is 14.5 Å². The van der Waals surface area contributed by atoms with E-state index in [1.807, 2.05) is 0 Å². The van der Waals surface area contributed by atoms with E-state index in [2.05, 4.69) is 0 Å². The molecule has 1 saturated heterocycles. The minimum absolute atomic E-state index is 0.0622. The first-order valence-corrected chi connectivity index (χ1v) is 9.22. The number of Topliss-reactive ketones (excluding diaryl/α,β-unsaturated/α-hetero) is 1. The van der Waals surface area contributed by atoms with Crippen LogP contribution in [0.1, 0.15) is 17.2 Å². The fourth-order valence-electron chi connectivity index (χ4n) is 3.44. The highest BCUT2D eigenvalue weighted by Crippen LogP contribution is 2.42. The molecule has 0 aliphatic carbocycles. The first-order chi connectivity index (χ1) is 14.0. The molecule has 1 amide bonds. The average Bonchev–Trinajstić information content (AvgIpc) is 2.99. The van der Waals surface area contributed by atoms with Crippen molar-refractivity contribution in [2.45, 2.75) is 6.04 Å². The van der Waals surface area contributed by atoms with Crippen LogP contribution in [0.25, 0.3) is 5.76 Å². The molecular formula is C23H15ClFNO3. The van der Waals surface area contributed by atoms with Crippen molar-refractivity contribution in [2.75, 3.05) is 4.90 Å². The zero-order valence-corrected chi connectivity index (χ0v) is 15.8. The fraction of sp³-hybridized carbons (Fsp3) is 0.0435. The number of carbonyl (C=O) groups is 2. The Kier molecular flexibility index (Phi) is 4.91. The van der Waals surface area contributed by atoms with Gasteiger partial charge in [-0.2, -0.15) is 0 Å². The quantitative estimate of drug-likeness (QED) is 0.373. The minimum atomic E-state index is -0.922. The SMILES string of the molecule is O=C1C(=O)N(c2cccc(Cl)c2)C(c2ccc(F)cc2)/C1=C(\O)c1ccccc1. The van der Waals surface area contributed by atoms with Gasteiger partial charge in [0.05, 0.1) is 11.6 Å². The second-order valence-corrected chi connectivity index (χ2v) is 7.00. The maximum atomic E-state index is 13.5. The summed E-state index contributed by atoms with van der Waals surface area (Å²) in [4.78, 5) is 27.1. The summed E-state index contributed by atoms with van der Waals surface area (Å²) in [6, 6.07) is 19.6. The number of benzene rings is 3. The Bertz CT molecular complexity index is 1130. The highest BCUT2D eigenvalue weighted by Gasteiger charge is 2.46. The predicted molar refractivity (Wildman–Crippen MR) is 109 cm³/mol. The largest absolute Gasteiger partial charge is 0.507 e. The van der Waals surface area contributed by atoms with Crippen LogP contribution in [-0.2, 0) is 9.59 Å². The van der Waals surface area contributed by atoms with Gasteiger partial charge in [-0.1, -0.05) is 60.1 Å². The van der Waals surface area contributed by atoms with Gasteiger partial charge in [0.15, 0.2) is 0 Å². The maximum Gasteiger partial charge on any atom is 0.300 e. The molecule has 3 aromatic carbocycles. The number of amides is 1. The Morgan fingerprint density at radius 2 is 1.62 bits per heavy atom. The molecule has 1 N–H and O–H groups in total. The van der Waals surface area contributed by atoms with Crippen LogP contribution in [0.2, 0.25) is 5.02 Å². The number of rotatable bonds is 3. The van der Waals surface area contributed by atoms with Gasteiger partial charge >= 0.3 is 0 Å².